The summed E-state index contributed by atoms with van der Waals surface area (Å²) in [5.41, 5.74) is 2.47. The van der Waals surface area contributed by atoms with Crippen LogP contribution in [0.3, 0.4) is 0 Å². The Morgan fingerprint density at radius 3 is 2.61 bits per heavy atom. The predicted molar refractivity (Wildman–Crippen MR) is 73.5 cm³/mol. The molecule has 1 amide bonds. The maximum Gasteiger partial charge on any atom is 0.219 e. The summed E-state index contributed by atoms with van der Waals surface area (Å²) in [6.07, 6.45) is 0. The Bertz CT molecular complexity index is 411. The minimum Gasteiger partial charge on any atom is -0.388 e. The summed E-state index contributed by atoms with van der Waals surface area (Å²) < 4.78 is 0. The maximum absolute atomic E-state index is 11.2. The molecule has 0 saturated carbocycles. The molecule has 0 aromatic heterocycles. The van der Waals surface area contributed by atoms with Gasteiger partial charge in [-0.25, -0.2) is 0 Å². The highest BCUT2D eigenvalue weighted by molar-refractivity contribution is 5.73. The van der Waals surface area contributed by atoms with Crippen LogP contribution in [-0.4, -0.2) is 48.9 Å². The summed E-state index contributed by atoms with van der Waals surface area (Å²) in [6, 6.07) is 8.47. The molecule has 0 aliphatic carbocycles. The van der Waals surface area contributed by atoms with Crippen molar-refractivity contribution in [1.82, 2.24) is 9.80 Å². The molecule has 1 fully saturated rings. The molecule has 0 spiro atoms. The van der Waals surface area contributed by atoms with Crippen molar-refractivity contribution in [2.45, 2.75) is 13.5 Å². The summed E-state index contributed by atoms with van der Waals surface area (Å²) >= 11 is 0. The van der Waals surface area contributed by atoms with Crippen LogP contribution in [-0.2, 0) is 11.3 Å². The second kappa shape index (κ2) is 5.87. The quantitative estimate of drug-likeness (QED) is 0.877. The van der Waals surface area contributed by atoms with Gasteiger partial charge in [0.15, 0.2) is 0 Å². The lowest BCUT2D eigenvalue weighted by atomic mass is 10.1. The van der Waals surface area contributed by atoms with Gasteiger partial charge in [-0.05, 0) is 17.7 Å². The lowest BCUT2D eigenvalue weighted by molar-refractivity contribution is -0.130. The van der Waals surface area contributed by atoms with Crippen molar-refractivity contribution >= 4 is 11.6 Å². The summed E-state index contributed by atoms with van der Waals surface area (Å²) in [5.74, 6) is 0.187. The average Bonchev–Trinajstić information content (AvgIpc) is 2.39. The second-order valence-corrected chi connectivity index (χ2v) is 4.73. The number of nitrogens with one attached hydrogen (secondary N) is 1. The summed E-state index contributed by atoms with van der Waals surface area (Å²) in [5, 5.41) is 3.16. The molecule has 1 saturated heterocycles. The average molecular weight is 247 g/mol. The highest BCUT2D eigenvalue weighted by Crippen LogP contribution is 2.13. The third-order valence-electron chi connectivity index (χ3n) is 3.44. The highest BCUT2D eigenvalue weighted by Gasteiger charge is 2.18. The minimum atomic E-state index is 0.187. The number of benzene rings is 1. The van der Waals surface area contributed by atoms with Crippen molar-refractivity contribution in [2.24, 2.45) is 0 Å². The van der Waals surface area contributed by atoms with Crippen molar-refractivity contribution in [2.75, 3.05) is 38.5 Å². The molecule has 0 radical (unpaired) electrons. The third kappa shape index (κ3) is 3.23. The number of nitrogens with zero attached hydrogens (tertiary/aromatic N) is 2. The summed E-state index contributed by atoms with van der Waals surface area (Å²) in [6.45, 7) is 6.22. The van der Waals surface area contributed by atoms with E-state index in [1.807, 2.05) is 11.9 Å². The van der Waals surface area contributed by atoms with Gasteiger partial charge in [-0.3, -0.25) is 9.69 Å². The topological polar surface area (TPSA) is 35.6 Å². The van der Waals surface area contributed by atoms with Gasteiger partial charge in [-0.1, -0.05) is 12.1 Å². The van der Waals surface area contributed by atoms with Gasteiger partial charge in [-0.15, -0.1) is 0 Å². The van der Waals surface area contributed by atoms with Crippen molar-refractivity contribution in [3.05, 3.63) is 29.8 Å². The Morgan fingerprint density at radius 1 is 1.28 bits per heavy atom. The zero-order valence-corrected chi connectivity index (χ0v) is 11.1. The Hall–Kier alpha value is -1.55. The van der Waals surface area contributed by atoms with Crippen LogP contribution in [0.15, 0.2) is 24.3 Å². The zero-order chi connectivity index (χ0) is 13.0. The van der Waals surface area contributed by atoms with Gasteiger partial charge in [0.25, 0.3) is 0 Å². The van der Waals surface area contributed by atoms with Crippen molar-refractivity contribution in [3.8, 4) is 0 Å². The molecule has 98 valence electrons. The fraction of sp³-hybridized carbons (Fsp3) is 0.500. The van der Waals surface area contributed by atoms with Crippen LogP contribution in [0.25, 0.3) is 0 Å². The monoisotopic (exact) mass is 247 g/mol. The Balaban J connectivity index is 1.89. The molecular weight excluding hydrogens is 226 g/mol. The highest BCUT2D eigenvalue weighted by atomic mass is 16.2. The smallest absolute Gasteiger partial charge is 0.219 e. The van der Waals surface area contributed by atoms with Crippen molar-refractivity contribution in [3.63, 3.8) is 0 Å². The molecule has 18 heavy (non-hydrogen) atoms. The number of hydrogen-bond acceptors (Lipinski definition) is 3. The van der Waals surface area contributed by atoms with Gasteiger partial charge in [0, 0.05) is 52.4 Å². The Morgan fingerprint density at radius 2 is 2.00 bits per heavy atom. The maximum atomic E-state index is 11.2. The van der Waals surface area contributed by atoms with E-state index < -0.39 is 0 Å². The molecule has 1 heterocycles. The molecule has 4 nitrogen and oxygen atoms in total. The van der Waals surface area contributed by atoms with E-state index >= 15 is 0 Å². The van der Waals surface area contributed by atoms with E-state index in [0.29, 0.717) is 0 Å². The molecule has 1 aliphatic heterocycles. The predicted octanol–water partition coefficient (Wildman–Crippen LogP) is 1.39. The third-order valence-corrected chi connectivity index (χ3v) is 3.44. The number of rotatable bonds is 3. The standard InChI is InChI=1S/C14H21N3O/c1-12(18)17-8-6-16(7-9-17)11-13-4-3-5-14(10-13)15-2/h3-5,10,15H,6-9,11H2,1-2H3. The largest absolute Gasteiger partial charge is 0.388 e. The SMILES string of the molecule is CNc1cccc(CN2CCN(C(C)=O)CC2)c1. The van der Waals surface area contributed by atoms with E-state index in [1.165, 1.54) is 5.56 Å². The van der Waals surface area contributed by atoms with Gasteiger partial charge < -0.3 is 10.2 Å². The van der Waals surface area contributed by atoms with Crippen LogP contribution >= 0.6 is 0 Å². The Labute approximate surface area is 109 Å². The Kier molecular flexibility index (Phi) is 4.20. The van der Waals surface area contributed by atoms with E-state index in [1.54, 1.807) is 6.92 Å². The summed E-state index contributed by atoms with van der Waals surface area (Å²) in [4.78, 5) is 15.6. The number of carbonyl (C=O) groups excluding carboxylic acids is 1. The lowest BCUT2D eigenvalue weighted by Gasteiger charge is -2.34. The van der Waals surface area contributed by atoms with E-state index in [4.69, 9.17) is 0 Å². The molecule has 0 atom stereocenters. The molecular formula is C14H21N3O. The minimum absolute atomic E-state index is 0.187. The first-order chi connectivity index (χ1) is 8.69. The number of piperazine rings is 1. The van der Waals surface area contributed by atoms with Crippen LogP contribution in [0, 0.1) is 0 Å². The first-order valence-electron chi connectivity index (χ1n) is 6.43. The second-order valence-electron chi connectivity index (χ2n) is 4.73. The van der Waals surface area contributed by atoms with E-state index in [0.717, 1.165) is 38.4 Å². The van der Waals surface area contributed by atoms with E-state index in [9.17, 15) is 4.79 Å². The van der Waals surface area contributed by atoms with Gasteiger partial charge >= 0.3 is 0 Å². The van der Waals surface area contributed by atoms with Crippen molar-refractivity contribution < 1.29 is 4.79 Å². The van der Waals surface area contributed by atoms with Crippen LogP contribution < -0.4 is 5.32 Å². The number of hydrogen-bond donors (Lipinski definition) is 1. The van der Waals surface area contributed by atoms with E-state index in [2.05, 4.69) is 34.5 Å². The number of anilines is 1. The van der Waals surface area contributed by atoms with Crippen molar-refractivity contribution in [1.29, 1.82) is 0 Å². The van der Waals surface area contributed by atoms with E-state index in [-0.39, 0.29) is 5.91 Å². The molecule has 0 bridgehead atoms. The first kappa shape index (κ1) is 12.9. The first-order valence-corrected chi connectivity index (χ1v) is 6.43. The van der Waals surface area contributed by atoms with Gasteiger partial charge in [0.2, 0.25) is 5.91 Å². The number of amides is 1. The molecule has 1 aromatic carbocycles. The molecule has 4 heteroatoms. The van der Waals surface area contributed by atoms with Gasteiger partial charge in [-0.2, -0.15) is 0 Å². The van der Waals surface area contributed by atoms with Crippen LogP contribution in [0.4, 0.5) is 5.69 Å². The molecule has 0 unspecified atom stereocenters. The van der Waals surface area contributed by atoms with Gasteiger partial charge in [0.1, 0.15) is 0 Å². The molecule has 1 aromatic rings. The zero-order valence-electron chi connectivity index (χ0n) is 11.1. The van der Waals surface area contributed by atoms with Crippen LogP contribution in [0.2, 0.25) is 0 Å². The molecule has 1 aliphatic rings. The van der Waals surface area contributed by atoms with Gasteiger partial charge in [0.05, 0.1) is 0 Å². The number of carbonyl (C=O) groups is 1. The summed E-state index contributed by atoms with van der Waals surface area (Å²) in [7, 11) is 1.94. The van der Waals surface area contributed by atoms with Crippen LogP contribution in [0.1, 0.15) is 12.5 Å². The fourth-order valence-electron chi connectivity index (χ4n) is 2.30. The fourth-order valence-corrected chi connectivity index (χ4v) is 2.30. The molecule has 1 N–H and O–H groups in total. The van der Waals surface area contributed by atoms with Crippen LogP contribution in [0.5, 0.6) is 0 Å². The lowest BCUT2D eigenvalue weighted by Crippen LogP contribution is -2.47. The normalized spacial score (nSPS) is 16.7. The molecule has 2 rings (SSSR count).